The van der Waals surface area contributed by atoms with Crippen LogP contribution in [0.25, 0.3) is 0 Å². The molecule has 0 fully saturated rings. The largest absolute Gasteiger partial charge is 0.238 e. The van der Waals surface area contributed by atoms with Crippen LogP contribution in [0, 0.1) is 0 Å². The molecule has 0 spiro atoms. The van der Waals surface area contributed by atoms with E-state index in [2.05, 4.69) is 18.6 Å². The van der Waals surface area contributed by atoms with Crippen molar-refractivity contribution in [2.75, 3.05) is 0 Å². The number of hydrogen-bond acceptors (Lipinski definition) is 4. The SMILES string of the molecule is CC(Cc1ccc(S(N)(=O)=O)cc1)SS. The summed E-state index contributed by atoms with van der Waals surface area (Å²) in [5.41, 5.74) is 1.08. The van der Waals surface area contributed by atoms with Gasteiger partial charge in [0, 0.05) is 5.25 Å². The lowest BCUT2D eigenvalue weighted by Gasteiger charge is -2.07. The van der Waals surface area contributed by atoms with Crippen molar-refractivity contribution in [1.29, 1.82) is 0 Å². The summed E-state index contributed by atoms with van der Waals surface area (Å²) in [6, 6.07) is 6.61. The molecular weight excluding hydrogens is 250 g/mol. The molecule has 3 nitrogen and oxygen atoms in total. The minimum absolute atomic E-state index is 0.150. The van der Waals surface area contributed by atoms with Crippen molar-refractivity contribution < 1.29 is 8.42 Å². The highest BCUT2D eigenvalue weighted by molar-refractivity contribution is 8.68. The molecule has 15 heavy (non-hydrogen) atoms. The molecule has 0 aliphatic rings. The third-order valence-corrected chi connectivity index (χ3v) is 4.49. The van der Waals surface area contributed by atoms with E-state index in [0.717, 1.165) is 12.0 Å². The Morgan fingerprint density at radius 1 is 1.40 bits per heavy atom. The van der Waals surface area contributed by atoms with Gasteiger partial charge in [-0.2, -0.15) is 0 Å². The van der Waals surface area contributed by atoms with Gasteiger partial charge in [0.25, 0.3) is 0 Å². The summed E-state index contributed by atoms with van der Waals surface area (Å²) in [6.07, 6.45) is 0.860. The van der Waals surface area contributed by atoms with E-state index in [0.29, 0.717) is 5.25 Å². The van der Waals surface area contributed by atoms with Gasteiger partial charge in [0.15, 0.2) is 0 Å². The number of primary sulfonamides is 1. The van der Waals surface area contributed by atoms with Gasteiger partial charge in [0.2, 0.25) is 10.0 Å². The summed E-state index contributed by atoms with van der Waals surface area (Å²) >= 11 is 4.11. The van der Waals surface area contributed by atoms with Crippen LogP contribution in [-0.2, 0) is 16.4 Å². The molecule has 1 aromatic carbocycles. The molecule has 0 aliphatic heterocycles. The number of rotatable bonds is 4. The predicted octanol–water partition coefficient (Wildman–Crippen LogP) is 1.84. The Kier molecular flexibility index (Phi) is 4.51. The Morgan fingerprint density at radius 3 is 2.33 bits per heavy atom. The maximum atomic E-state index is 11.0. The van der Waals surface area contributed by atoms with Crippen LogP contribution in [0.1, 0.15) is 12.5 Å². The van der Waals surface area contributed by atoms with Gasteiger partial charge in [0.05, 0.1) is 4.90 Å². The zero-order chi connectivity index (χ0) is 11.5. The van der Waals surface area contributed by atoms with E-state index >= 15 is 0 Å². The standard InChI is InChI=1S/C9H13NO2S3/c1-7(14-13)6-8-2-4-9(5-3-8)15(10,11)12/h2-5,7,13H,6H2,1H3,(H2,10,11,12). The fourth-order valence-electron chi connectivity index (χ4n) is 1.18. The van der Waals surface area contributed by atoms with Crippen molar-refractivity contribution in [1.82, 2.24) is 0 Å². The second kappa shape index (κ2) is 5.25. The Morgan fingerprint density at radius 2 is 1.93 bits per heavy atom. The Labute approximate surface area is 99.3 Å². The molecule has 1 rings (SSSR count). The van der Waals surface area contributed by atoms with Gasteiger partial charge in [-0.05, 0) is 24.1 Å². The first-order valence-corrected chi connectivity index (χ1v) is 7.83. The number of hydrogen-bond donors (Lipinski definition) is 2. The highest BCUT2D eigenvalue weighted by atomic mass is 33.1. The van der Waals surface area contributed by atoms with Gasteiger partial charge in [-0.3, -0.25) is 0 Å². The summed E-state index contributed by atoms with van der Waals surface area (Å²) in [5.74, 6) is 0. The van der Waals surface area contributed by atoms with E-state index < -0.39 is 10.0 Å². The van der Waals surface area contributed by atoms with Crippen LogP contribution in [0.5, 0.6) is 0 Å². The fraction of sp³-hybridized carbons (Fsp3) is 0.333. The average Bonchev–Trinajstić information content (AvgIpc) is 2.17. The first kappa shape index (κ1) is 12.9. The van der Waals surface area contributed by atoms with Crippen LogP contribution in [0.15, 0.2) is 29.2 Å². The summed E-state index contributed by atoms with van der Waals surface area (Å²) in [4.78, 5) is 0.150. The van der Waals surface area contributed by atoms with Gasteiger partial charge in [-0.25, -0.2) is 13.6 Å². The van der Waals surface area contributed by atoms with Gasteiger partial charge in [0.1, 0.15) is 0 Å². The predicted molar refractivity (Wildman–Crippen MR) is 67.6 cm³/mol. The zero-order valence-corrected chi connectivity index (χ0v) is 10.8. The van der Waals surface area contributed by atoms with Gasteiger partial charge in [-0.15, -0.1) is 11.7 Å². The third-order valence-electron chi connectivity index (χ3n) is 1.95. The van der Waals surface area contributed by atoms with Gasteiger partial charge < -0.3 is 0 Å². The van der Waals surface area contributed by atoms with Crippen molar-refractivity contribution in [2.24, 2.45) is 5.14 Å². The van der Waals surface area contributed by atoms with Crippen molar-refractivity contribution in [2.45, 2.75) is 23.5 Å². The molecule has 1 aromatic rings. The van der Waals surface area contributed by atoms with E-state index in [4.69, 9.17) is 5.14 Å². The molecule has 0 amide bonds. The molecule has 0 aliphatic carbocycles. The molecule has 6 heteroatoms. The summed E-state index contributed by atoms with van der Waals surface area (Å²) in [5, 5.41) is 5.39. The van der Waals surface area contributed by atoms with Gasteiger partial charge >= 0.3 is 0 Å². The first-order valence-electron chi connectivity index (χ1n) is 4.35. The number of benzene rings is 1. The molecule has 0 aromatic heterocycles. The highest BCUT2D eigenvalue weighted by Crippen LogP contribution is 2.19. The van der Waals surface area contributed by atoms with E-state index in [9.17, 15) is 8.42 Å². The van der Waals surface area contributed by atoms with Crippen molar-refractivity contribution in [3.8, 4) is 0 Å². The minimum atomic E-state index is -3.57. The van der Waals surface area contributed by atoms with E-state index in [1.807, 2.05) is 0 Å². The van der Waals surface area contributed by atoms with Crippen molar-refractivity contribution in [3.63, 3.8) is 0 Å². The van der Waals surface area contributed by atoms with Crippen LogP contribution in [0.4, 0.5) is 0 Å². The molecule has 84 valence electrons. The second-order valence-electron chi connectivity index (χ2n) is 3.31. The number of sulfonamides is 1. The van der Waals surface area contributed by atoms with Crippen LogP contribution in [-0.4, -0.2) is 13.7 Å². The third kappa shape index (κ3) is 4.06. The lowest BCUT2D eigenvalue weighted by molar-refractivity contribution is 0.598. The monoisotopic (exact) mass is 263 g/mol. The number of thiol groups is 1. The minimum Gasteiger partial charge on any atom is -0.225 e. The van der Waals surface area contributed by atoms with Crippen LogP contribution in [0.3, 0.4) is 0 Å². The smallest absolute Gasteiger partial charge is 0.225 e. The lowest BCUT2D eigenvalue weighted by Crippen LogP contribution is -2.12. The summed E-state index contributed by atoms with van der Waals surface area (Å²) in [7, 11) is -2.09. The second-order valence-corrected chi connectivity index (χ2v) is 6.52. The van der Waals surface area contributed by atoms with Crippen LogP contribution >= 0.6 is 22.5 Å². The Bertz CT molecular complexity index is 413. The molecule has 0 heterocycles. The molecule has 0 saturated heterocycles. The van der Waals surface area contributed by atoms with Gasteiger partial charge in [-0.1, -0.05) is 29.9 Å². The van der Waals surface area contributed by atoms with Crippen LogP contribution in [0.2, 0.25) is 0 Å². The molecular formula is C9H13NO2S3. The number of nitrogens with two attached hydrogens (primary N) is 1. The molecule has 0 saturated carbocycles. The van der Waals surface area contributed by atoms with Crippen molar-refractivity contribution in [3.05, 3.63) is 29.8 Å². The van der Waals surface area contributed by atoms with Crippen molar-refractivity contribution >= 4 is 32.5 Å². The highest BCUT2D eigenvalue weighted by Gasteiger charge is 2.07. The summed E-state index contributed by atoms with van der Waals surface area (Å²) < 4.78 is 22.0. The van der Waals surface area contributed by atoms with E-state index in [1.165, 1.54) is 22.9 Å². The zero-order valence-electron chi connectivity index (χ0n) is 8.25. The average molecular weight is 263 g/mol. The lowest BCUT2D eigenvalue weighted by atomic mass is 10.1. The summed E-state index contributed by atoms with van der Waals surface area (Å²) in [6.45, 7) is 2.06. The normalized spacial score (nSPS) is 13.8. The molecule has 0 radical (unpaired) electrons. The quantitative estimate of drug-likeness (QED) is 0.644. The topological polar surface area (TPSA) is 60.2 Å². The Balaban J connectivity index is 2.82. The first-order chi connectivity index (χ1) is 6.93. The van der Waals surface area contributed by atoms with Crippen LogP contribution < -0.4 is 5.14 Å². The molecule has 0 bridgehead atoms. The maximum absolute atomic E-state index is 11.0. The Hall–Kier alpha value is -0.170. The fourth-order valence-corrected chi connectivity index (χ4v) is 2.19. The maximum Gasteiger partial charge on any atom is 0.238 e. The molecule has 2 N–H and O–H groups in total. The molecule has 1 unspecified atom stereocenters. The van der Waals surface area contributed by atoms with E-state index in [1.54, 1.807) is 12.1 Å². The molecule has 1 atom stereocenters. The van der Waals surface area contributed by atoms with E-state index in [-0.39, 0.29) is 4.90 Å².